The molecule has 0 bridgehead atoms. The summed E-state index contributed by atoms with van der Waals surface area (Å²) >= 11 is 0. The molecule has 1 saturated heterocycles. The molecule has 1 aromatic heterocycles. The van der Waals surface area contributed by atoms with Crippen molar-refractivity contribution in [3.8, 4) is 0 Å². The number of nitrogens with one attached hydrogen (secondary N) is 1. The van der Waals surface area contributed by atoms with E-state index in [0.717, 1.165) is 25.2 Å². The Labute approximate surface area is 81.7 Å². The molecule has 0 aromatic carbocycles. The second kappa shape index (κ2) is 3.42. The Balaban J connectivity index is 2.27. The third-order valence-corrected chi connectivity index (χ3v) is 2.60. The molecule has 0 aliphatic carbocycles. The van der Waals surface area contributed by atoms with Crippen LogP contribution in [0, 0.1) is 0 Å². The predicted molar refractivity (Wildman–Crippen MR) is 50.4 cm³/mol. The lowest BCUT2D eigenvalue weighted by atomic mass is 10.1. The minimum Gasteiger partial charge on any atom is -0.477 e. The highest BCUT2D eigenvalue weighted by Gasteiger charge is 2.21. The molecule has 1 atom stereocenters. The lowest BCUT2D eigenvalue weighted by Gasteiger charge is -2.01. The Bertz CT molecular complexity index is 353. The van der Waals surface area contributed by atoms with Crippen molar-refractivity contribution in [2.45, 2.75) is 12.3 Å². The topological polar surface area (TPSA) is 67.2 Å². The van der Waals surface area contributed by atoms with Crippen LogP contribution < -0.4 is 5.32 Å². The van der Waals surface area contributed by atoms with Gasteiger partial charge in [0.05, 0.1) is 5.69 Å². The first-order valence-electron chi connectivity index (χ1n) is 4.66. The van der Waals surface area contributed by atoms with Crippen LogP contribution in [0.15, 0.2) is 6.07 Å². The molecule has 1 unspecified atom stereocenters. The number of carbonyl (C=O) groups is 1. The van der Waals surface area contributed by atoms with E-state index in [0.29, 0.717) is 5.92 Å². The molecule has 1 fully saturated rings. The van der Waals surface area contributed by atoms with Crippen LogP contribution in [0.4, 0.5) is 0 Å². The van der Waals surface area contributed by atoms with Gasteiger partial charge in [-0.15, -0.1) is 0 Å². The smallest absolute Gasteiger partial charge is 0.354 e. The molecule has 5 nitrogen and oxygen atoms in total. The highest BCUT2D eigenvalue weighted by molar-refractivity contribution is 5.85. The SMILES string of the molecule is Cn1nc(C2CCNC2)cc1C(=O)O. The van der Waals surface area contributed by atoms with E-state index < -0.39 is 5.97 Å². The monoisotopic (exact) mass is 195 g/mol. The molecule has 5 heteroatoms. The number of aromatic carboxylic acids is 1. The molecule has 1 aliphatic heterocycles. The second-order valence-electron chi connectivity index (χ2n) is 3.57. The van der Waals surface area contributed by atoms with Gasteiger partial charge < -0.3 is 10.4 Å². The number of carboxylic acids is 1. The van der Waals surface area contributed by atoms with Gasteiger partial charge in [0.2, 0.25) is 0 Å². The van der Waals surface area contributed by atoms with Crippen molar-refractivity contribution in [1.29, 1.82) is 0 Å². The average molecular weight is 195 g/mol. The van der Waals surface area contributed by atoms with Crippen molar-refractivity contribution in [1.82, 2.24) is 15.1 Å². The molecule has 2 heterocycles. The third-order valence-electron chi connectivity index (χ3n) is 2.60. The fourth-order valence-electron chi connectivity index (χ4n) is 1.80. The number of aryl methyl sites for hydroxylation is 1. The van der Waals surface area contributed by atoms with Crippen molar-refractivity contribution < 1.29 is 9.90 Å². The Morgan fingerprint density at radius 3 is 3.07 bits per heavy atom. The maximum atomic E-state index is 10.8. The van der Waals surface area contributed by atoms with Gasteiger partial charge in [-0.3, -0.25) is 4.68 Å². The number of aromatic nitrogens is 2. The number of hydrogen-bond acceptors (Lipinski definition) is 3. The summed E-state index contributed by atoms with van der Waals surface area (Å²) in [7, 11) is 1.66. The molecule has 1 aromatic rings. The summed E-state index contributed by atoms with van der Waals surface area (Å²) in [5, 5.41) is 16.3. The first kappa shape index (κ1) is 9.21. The van der Waals surface area contributed by atoms with Crippen LogP contribution in [0.1, 0.15) is 28.5 Å². The van der Waals surface area contributed by atoms with E-state index in [9.17, 15) is 4.79 Å². The van der Waals surface area contributed by atoms with E-state index in [-0.39, 0.29) is 5.69 Å². The summed E-state index contributed by atoms with van der Waals surface area (Å²) < 4.78 is 1.43. The molecule has 0 radical (unpaired) electrons. The summed E-state index contributed by atoms with van der Waals surface area (Å²) in [6.45, 7) is 1.89. The summed E-state index contributed by atoms with van der Waals surface area (Å²) in [5.74, 6) is -0.550. The Kier molecular flexibility index (Phi) is 2.25. The van der Waals surface area contributed by atoms with Gasteiger partial charge in [-0.05, 0) is 19.0 Å². The Hall–Kier alpha value is -1.36. The van der Waals surface area contributed by atoms with Gasteiger partial charge >= 0.3 is 5.97 Å². The second-order valence-corrected chi connectivity index (χ2v) is 3.57. The van der Waals surface area contributed by atoms with Crippen LogP contribution in [0.25, 0.3) is 0 Å². The van der Waals surface area contributed by atoms with Gasteiger partial charge in [0, 0.05) is 19.5 Å². The predicted octanol–water partition coefficient (Wildman–Crippen LogP) is 0.195. The molecule has 1 aliphatic rings. The van der Waals surface area contributed by atoms with Gasteiger partial charge in [-0.25, -0.2) is 4.79 Å². The summed E-state index contributed by atoms with van der Waals surface area (Å²) in [4.78, 5) is 10.8. The summed E-state index contributed by atoms with van der Waals surface area (Å²) in [5.41, 5.74) is 1.14. The van der Waals surface area contributed by atoms with Gasteiger partial charge in [-0.1, -0.05) is 0 Å². The van der Waals surface area contributed by atoms with Crippen LogP contribution in [0.3, 0.4) is 0 Å². The van der Waals surface area contributed by atoms with Crippen molar-refractivity contribution in [2.75, 3.05) is 13.1 Å². The van der Waals surface area contributed by atoms with Crippen LogP contribution in [-0.2, 0) is 7.05 Å². The lowest BCUT2D eigenvalue weighted by Crippen LogP contribution is -2.08. The number of carboxylic acid groups (broad SMARTS) is 1. The highest BCUT2D eigenvalue weighted by Crippen LogP contribution is 2.21. The van der Waals surface area contributed by atoms with Gasteiger partial charge in [0.1, 0.15) is 5.69 Å². The molecule has 2 N–H and O–H groups in total. The first-order chi connectivity index (χ1) is 6.68. The standard InChI is InChI=1S/C9H13N3O2/c1-12-8(9(13)14)4-7(11-12)6-2-3-10-5-6/h4,6,10H,2-3,5H2,1H3,(H,13,14). The fraction of sp³-hybridized carbons (Fsp3) is 0.556. The fourth-order valence-corrected chi connectivity index (χ4v) is 1.80. The van der Waals surface area contributed by atoms with Crippen molar-refractivity contribution >= 4 is 5.97 Å². The van der Waals surface area contributed by atoms with Crippen LogP contribution in [0.2, 0.25) is 0 Å². The molecular formula is C9H13N3O2. The number of rotatable bonds is 2. The van der Waals surface area contributed by atoms with Gasteiger partial charge in [0.15, 0.2) is 0 Å². The van der Waals surface area contributed by atoms with E-state index in [1.807, 2.05) is 0 Å². The largest absolute Gasteiger partial charge is 0.477 e. The average Bonchev–Trinajstić information content (AvgIpc) is 2.70. The minimum absolute atomic E-state index is 0.256. The van der Waals surface area contributed by atoms with Crippen molar-refractivity contribution in [3.63, 3.8) is 0 Å². The highest BCUT2D eigenvalue weighted by atomic mass is 16.4. The minimum atomic E-state index is -0.919. The zero-order chi connectivity index (χ0) is 10.1. The van der Waals surface area contributed by atoms with E-state index in [2.05, 4.69) is 10.4 Å². The lowest BCUT2D eigenvalue weighted by molar-refractivity contribution is 0.0685. The zero-order valence-electron chi connectivity index (χ0n) is 8.03. The molecule has 0 amide bonds. The molecule has 2 rings (SSSR count). The van der Waals surface area contributed by atoms with Crippen LogP contribution in [0.5, 0.6) is 0 Å². The van der Waals surface area contributed by atoms with Crippen LogP contribution in [-0.4, -0.2) is 33.9 Å². The van der Waals surface area contributed by atoms with Crippen LogP contribution >= 0.6 is 0 Å². The quantitative estimate of drug-likeness (QED) is 0.707. The van der Waals surface area contributed by atoms with Gasteiger partial charge in [0.25, 0.3) is 0 Å². The van der Waals surface area contributed by atoms with E-state index >= 15 is 0 Å². The van der Waals surface area contributed by atoms with E-state index in [1.165, 1.54) is 4.68 Å². The normalized spacial score (nSPS) is 21.4. The van der Waals surface area contributed by atoms with E-state index in [4.69, 9.17) is 5.11 Å². The first-order valence-corrected chi connectivity index (χ1v) is 4.66. The molecular weight excluding hydrogens is 182 g/mol. The summed E-state index contributed by atoms with van der Waals surface area (Å²) in [6, 6.07) is 1.67. The van der Waals surface area contributed by atoms with Crippen molar-refractivity contribution in [3.05, 3.63) is 17.5 Å². The molecule has 0 spiro atoms. The molecule has 0 saturated carbocycles. The number of nitrogens with zero attached hydrogens (tertiary/aromatic N) is 2. The maximum absolute atomic E-state index is 10.8. The van der Waals surface area contributed by atoms with Crippen molar-refractivity contribution in [2.24, 2.45) is 7.05 Å². The molecule has 76 valence electrons. The Morgan fingerprint density at radius 2 is 2.57 bits per heavy atom. The number of hydrogen-bond donors (Lipinski definition) is 2. The zero-order valence-corrected chi connectivity index (χ0v) is 8.03. The summed E-state index contributed by atoms with van der Waals surface area (Å²) in [6.07, 6.45) is 1.04. The van der Waals surface area contributed by atoms with E-state index in [1.54, 1.807) is 13.1 Å². The maximum Gasteiger partial charge on any atom is 0.354 e. The Morgan fingerprint density at radius 1 is 1.79 bits per heavy atom. The molecule has 14 heavy (non-hydrogen) atoms. The van der Waals surface area contributed by atoms with Gasteiger partial charge in [-0.2, -0.15) is 5.10 Å². The third kappa shape index (κ3) is 1.50.